The van der Waals surface area contributed by atoms with E-state index < -0.39 is 0 Å². The second-order valence-corrected chi connectivity index (χ2v) is 7.78. The maximum Gasteiger partial charge on any atom is 0.225 e. The summed E-state index contributed by atoms with van der Waals surface area (Å²) in [5, 5.41) is 8.36. The lowest BCUT2D eigenvalue weighted by molar-refractivity contribution is 0.341. The first-order valence-electron chi connectivity index (χ1n) is 9.47. The first-order chi connectivity index (χ1) is 12.0. The minimum atomic E-state index is 0.466. The smallest absolute Gasteiger partial charge is 0.225 e. The van der Waals surface area contributed by atoms with Gasteiger partial charge in [0.05, 0.1) is 5.52 Å². The lowest BCUT2D eigenvalue weighted by Crippen LogP contribution is -2.38. The zero-order chi connectivity index (χ0) is 17.8. The van der Waals surface area contributed by atoms with Crippen LogP contribution >= 0.6 is 0 Å². The molecule has 1 aliphatic carbocycles. The van der Waals surface area contributed by atoms with Crippen molar-refractivity contribution in [3.8, 4) is 0 Å². The van der Waals surface area contributed by atoms with Gasteiger partial charge in [-0.2, -0.15) is 4.98 Å². The number of hydrogen-bond donors (Lipinski definition) is 2. The predicted octanol–water partition coefficient (Wildman–Crippen LogP) is 3.66. The summed E-state index contributed by atoms with van der Waals surface area (Å²) in [7, 11) is 4.06. The van der Waals surface area contributed by atoms with E-state index in [2.05, 4.69) is 41.5 Å². The molecule has 25 heavy (non-hydrogen) atoms. The number of hydrogen-bond acceptors (Lipinski definition) is 5. The molecule has 1 heterocycles. The van der Waals surface area contributed by atoms with E-state index in [1.165, 1.54) is 25.7 Å². The van der Waals surface area contributed by atoms with Gasteiger partial charge in [-0.1, -0.05) is 26.0 Å². The largest absolute Gasteiger partial charge is 0.362 e. The molecule has 1 aromatic heterocycles. The van der Waals surface area contributed by atoms with Crippen LogP contribution in [0.25, 0.3) is 10.9 Å². The van der Waals surface area contributed by atoms with E-state index in [1.54, 1.807) is 0 Å². The van der Waals surface area contributed by atoms with Crippen molar-refractivity contribution in [2.24, 2.45) is 5.92 Å². The molecule has 0 bridgehead atoms. The molecule has 0 saturated heterocycles. The highest BCUT2D eigenvalue weighted by atomic mass is 15.2. The highest BCUT2D eigenvalue weighted by Gasteiger charge is 2.22. The normalized spacial score (nSPS) is 20.8. The minimum Gasteiger partial charge on any atom is -0.362 e. The van der Waals surface area contributed by atoms with Gasteiger partial charge in [-0.05, 0) is 50.3 Å². The Hall–Kier alpha value is -1.88. The van der Waals surface area contributed by atoms with E-state index in [0.717, 1.165) is 29.2 Å². The molecule has 0 spiro atoms. The maximum atomic E-state index is 4.76. The van der Waals surface area contributed by atoms with Gasteiger partial charge in [-0.25, -0.2) is 4.98 Å². The summed E-state index contributed by atoms with van der Waals surface area (Å²) in [6, 6.07) is 9.34. The molecule has 1 aliphatic rings. The Morgan fingerprint density at radius 2 is 1.72 bits per heavy atom. The van der Waals surface area contributed by atoms with Crippen LogP contribution < -0.4 is 15.5 Å². The average Bonchev–Trinajstić information content (AvgIpc) is 2.60. The number of benzene rings is 1. The molecule has 5 heteroatoms. The van der Waals surface area contributed by atoms with Crippen LogP contribution in [0.1, 0.15) is 39.5 Å². The van der Waals surface area contributed by atoms with Crippen LogP contribution in [0, 0.1) is 5.92 Å². The average molecular weight is 342 g/mol. The van der Waals surface area contributed by atoms with Crippen LogP contribution in [0.5, 0.6) is 0 Å². The molecular formula is C20H31N5. The SMILES string of the molecule is CC(C)CNC1CCC(Nc2nc(N(C)C)c3ccccc3n2)CC1. The molecule has 0 radical (unpaired) electrons. The molecule has 1 aromatic carbocycles. The highest BCUT2D eigenvalue weighted by Crippen LogP contribution is 2.26. The number of fused-ring (bicyclic) bond motifs is 1. The second kappa shape index (κ2) is 8.00. The number of nitrogens with zero attached hydrogens (tertiary/aromatic N) is 3. The van der Waals surface area contributed by atoms with Gasteiger partial charge in [0.15, 0.2) is 0 Å². The summed E-state index contributed by atoms with van der Waals surface area (Å²) < 4.78 is 0. The Labute approximate surface area is 151 Å². The lowest BCUT2D eigenvalue weighted by atomic mass is 9.91. The Kier molecular flexibility index (Phi) is 5.74. The summed E-state index contributed by atoms with van der Waals surface area (Å²) >= 11 is 0. The standard InChI is InChI=1S/C20H31N5/c1-14(2)13-21-15-9-11-16(12-10-15)22-20-23-18-8-6-5-7-17(18)19(24-20)25(3)4/h5-8,14-16,21H,9-13H2,1-4H3,(H,22,23,24). The molecule has 0 amide bonds. The van der Waals surface area contributed by atoms with Crippen molar-refractivity contribution in [2.75, 3.05) is 30.9 Å². The van der Waals surface area contributed by atoms with E-state index in [9.17, 15) is 0 Å². The van der Waals surface area contributed by atoms with E-state index in [4.69, 9.17) is 9.97 Å². The van der Waals surface area contributed by atoms with Gasteiger partial charge in [-0.3, -0.25) is 0 Å². The Bertz CT molecular complexity index is 690. The fourth-order valence-electron chi connectivity index (χ4n) is 3.49. The fraction of sp³-hybridized carbons (Fsp3) is 0.600. The lowest BCUT2D eigenvalue weighted by Gasteiger charge is -2.30. The zero-order valence-electron chi connectivity index (χ0n) is 15.9. The first kappa shape index (κ1) is 17.9. The van der Waals surface area contributed by atoms with Crippen LogP contribution in [-0.4, -0.2) is 42.7 Å². The Morgan fingerprint density at radius 1 is 1.04 bits per heavy atom. The van der Waals surface area contributed by atoms with E-state index in [-0.39, 0.29) is 0 Å². The summed E-state index contributed by atoms with van der Waals surface area (Å²) in [4.78, 5) is 11.5. The monoisotopic (exact) mass is 341 g/mol. The van der Waals surface area contributed by atoms with Crippen LogP contribution in [0.2, 0.25) is 0 Å². The predicted molar refractivity (Wildman–Crippen MR) is 106 cm³/mol. The summed E-state index contributed by atoms with van der Waals surface area (Å²) in [6.45, 7) is 5.64. The summed E-state index contributed by atoms with van der Waals surface area (Å²) in [5.74, 6) is 2.44. The van der Waals surface area contributed by atoms with Gasteiger partial charge in [0.2, 0.25) is 5.95 Å². The molecule has 0 atom stereocenters. The molecular weight excluding hydrogens is 310 g/mol. The number of nitrogens with one attached hydrogen (secondary N) is 2. The van der Waals surface area contributed by atoms with Crippen molar-refractivity contribution in [2.45, 2.75) is 51.6 Å². The fourth-order valence-corrected chi connectivity index (χ4v) is 3.49. The molecule has 136 valence electrons. The van der Waals surface area contributed by atoms with Crippen LogP contribution in [0.4, 0.5) is 11.8 Å². The first-order valence-corrected chi connectivity index (χ1v) is 9.47. The molecule has 2 N–H and O–H groups in total. The third-order valence-electron chi connectivity index (χ3n) is 4.88. The third-order valence-corrected chi connectivity index (χ3v) is 4.88. The van der Waals surface area contributed by atoms with Gasteiger partial charge >= 0.3 is 0 Å². The third kappa shape index (κ3) is 4.60. The molecule has 5 nitrogen and oxygen atoms in total. The van der Waals surface area contributed by atoms with Crippen LogP contribution in [0.3, 0.4) is 0 Å². The van der Waals surface area contributed by atoms with Gasteiger partial charge in [-0.15, -0.1) is 0 Å². The van der Waals surface area contributed by atoms with Crippen LogP contribution in [-0.2, 0) is 0 Å². The second-order valence-electron chi connectivity index (χ2n) is 7.78. The molecule has 2 aromatic rings. The van der Waals surface area contributed by atoms with Crippen LogP contribution in [0.15, 0.2) is 24.3 Å². The van der Waals surface area contributed by atoms with E-state index in [0.29, 0.717) is 18.0 Å². The van der Waals surface area contributed by atoms with Gasteiger partial charge in [0, 0.05) is 31.6 Å². The Morgan fingerprint density at radius 3 is 2.40 bits per heavy atom. The van der Waals surface area contributed by atoms with Gasteiger partial charge in [0.25, 0.3) is 0 Å². The molecule has 3 rings (SSSR count). The van der Waals surface area contributed by atoms with Crippen molar-refractivity contribution in [1.29, 1.82) is 0 Å². The summed E-state index contributed by atoms with van der Waals surface area (Å²) in [6.07, 6.45) is 4.78. The number of para-hydroxylation sites is 1. The highest BCUT2D eigenvalue weighted by molar-refractivity contribution is 5.90. The van der Waals surface area contributed by atoms with Gasteiger partial charge < -0.3 is 15.5 Å². The quantitative estimate of drug-likeness (QED) is 0.840. The topological polar surface area (TPSA) is 53.1 Å². The van der Waals surface area contributed by atoms with E-state index in [1.807, 2.05) is 26.2 Å². The number of aromatic nitrogens is 2. The Balaban J connectivity index is 1.66. The molecule has 1 saturated carbocycles. The number of rotatable bonds is 6. The van der Waals surface area contributed by atoms with Crippen molar-refractivity contribution < 1.29 is 0 Å². The van der Waals surface area contributed by atoms with Crippen molar-refractivity contribution in [1.82, 2.24) is 15.3 Å². The maximum absolute atomic E-state index is 4.76. The van der Waals surface area contributed by atoms with Crippen molar-refractivity contribution in [3.05, 3.63) is 24.3 Å². The molecule has 1 fully saturated rings. The minimum absolute atomic E-state index is 0.466. The summed E-state index contributed by atoms with van der Waals surface area (Å²) in [5.41, 5.74) is 0.996. The number of anilines is 2. The van der Waals surface area contributed by atoms with Gasteiger partial charge in [0.1, 0.15) is 5.82 Å². The van der Waals surface area contributed by atoms with Crippen molar-refractivity contribution >= 4 is 22.7 Å². The zero-order valence-corrected chi connectivity index (χ0v) is 15.9. The van der Waals surface area contributed by atoms with E-state index >= 15 is 0 Å². The molecule has 0 unspecified atom stereocenters. The molecule has 0 aliphatic heterocycles. The van der Waals surface area contributed by atoms with Crippen molar-refractivity contribution in [3.63, 3.8) is 0 Å².